The first-order chi connectivity index (χ1) is 12.7. The van der Waals surface area contributed by atoms with Gasteiger partial charge in [-0.15, -0.1) is 0 Å². The standard InChI is InChI=1S/C20H24FN3O2/c1-22-20(23-11-15-8-9-18(25)17(21)10-15)24-12-16-4-2-3-5-19(16)26-13-14-6-7-14/h2-5,8-10,14,25H,6-7,11-13H2,1H3,(H2,22,23,24). The highest BCUT2D eigenvalue weighted by Crippen LogP contribution is 2.30. The highest BCUT2D eigenvalue weighted by atomic mass is 19.1. The zero-order chi connectivity index (χ0) is 18.4. The summed E-state index contributed by atoms with van der Waals surface area (Å²) >= 11 is 0. The minimum absolute atomic E-state index is 0.348. The molecule has 0 amide bonds. The first-order valence-electron chi connectivity index (χ1n) is 8.78. The predicted octanol–water partition coefficient (Wildman–Crippen LogP) is 3.19. The molecule has 0 atom stereocenters. The van der Waals surface area contributed by atoms with Gasteiger partial charge >= 0.3 is 0 Å². The molecule has 0 heterocycles. The topological polar surface area (TPSA) is 65.9 Å². The van der Waals surface area contributed by atoms with Crippen LogP contribution in [-0.2, 0) is 13.1 Å². The summed E-state index contributed by atoms with van der Waals surface area (Å²) in [6, 6.07) is 12.3. The molecule has 138 valence electrons. The summed E-state index contributed by atoms with van der Waals surface area (Å²) in [5.41, 5.74) is 1.78. The Bertz CT molecular complexity index is 775. The van der Waals surface area contributed by atoms with Crippen molar-refractivity contribution in [3.8, 4) is 11.5 Å². The Morgan fingerprint density at radius 2 is 1.96 bits per heavy atom. The SMILES string of the molecule is CN=C(NCc1ccc(O)c(F)c1)NCc1ccccc1OCC1CC1. The van der Waals surface area contributed by atoms with Crippen LogP contribution in [0.2, 0.25) is 0 Å². The van der Waals surface area contributed by atoms with Crippen molar-refractivity contribution >= 4 is 5.96 Å². The van der Waals surface area contributed by atoms with E-state index in [1.165, 1.54) is 25.0 Å². The van der Waals surface area contributed by atoms with Crippen molar-refractivity contribution in [2.24, 2.45) is 10.9 Å². The normalized spacial score (nSPS) is 14.2. The number of nitrogens with one attached hydrogen (secondary N) is 2. The summed E-state index contributed by atoms with van der Waals surface area (Å²) in [4.78, 5) is 4.18. The van der Waals surface area contributed by atoms with Crippen LogP contribution in [0.3, 0.4) is 0 Å². The number of guanidine groups is 1. The zero-order valence-corrected chi connectivity index (χ0v) is 14.8. The third-order valence-corrected chi connectivity index (χ3v) is 4.29. The van der Waals surface area contributed by atoms with Crippen molar-refractivity contribution in [2.75, 3.05) is 13.7 Å². The fraction of sp³-hybridized carbons (Fsp3) is 0.350. The van der Waals surface area contributed by atoms with E-state index >= 15 is 0 Å². The van der Waals surface area contributed by atoms with E-state index in [2.05, 4.69) is 15.6 Å². The molecule has 5 nitrogen and oxygen atoms in total. The number of hydrogen-bond acceptors (Lipinski definition) is 3. The van der Waals surface area contributed by atoms with Gasteiger partial charge < -0.3 is 20.5 Å². The second kappa shape index (κ2) is 8.56. The first-order valence-corrected chi connectivity index (χ1v) is 8.78. The fourth-order valence-corrected chi connectivity index (χ4v) is 2.53. The van der Waals surface area contributed by atoms with Crippen molar-refractivity contribution in [3.05, 3.63) is 59.4 Å². The minimum Gasteiger partial charge on any atom is -0.505 e. The van der Waals surface area contributed by atoms with Crippen LogP contribution < -0.4 is 15.4 Å². The molecule has 1 fully saturated rings. The Hall–Kier alpha value is -2.76. The van der Waals surface area contributed by atoms with Crippen molar-refractivity contribution in [1.82, 2.24) is 10.6 Å². The number of hydrogen-bond donors (Lipinski definition) is 3. The largest absolute Gasteiger partial charge is 0.505 e. The van der Waals surface area contributed by atoms with Crippen molar-refractivity contribution in [1.29, 1.82) is 0 Å². The number of para-hydroxylation sites is 1. The van der Waals surface area contributed by atoms with Crippen LogP contribution in [0.1, 0.15) is 24.0 Å². The van der Waals surface area contributed by atoms with Gasteiger partial charge in [-0.2, -0.15) is 0 Å². The molecule has 6 heteroatoms. The number of phenols is 1. The van der Waals surface area contributed by atoms with Crippen LogP contribution in [0.25, 0.3) is 0 Å². The number of halogens is 1. The minimum atomic E-state index is -0.631. The number of aliphatic imine (C=N–C) groups is 1. The van der Waals surface area contributed by atoms with E-state index in [9.17, 15) is 9.50 Å². The van der Waals surface area contributed by atoms with Gasteiger partial charge in [-0.3, -0.25) is 4.99 Å². The lowest BCUT2D eigenvalue weighted by molar-refractivity contribution is 0.296. The van der Waals surface area contributed by atoms with Crippen molar-refractivity contribution in [3.63, 3.8) is 0 Å². The highest BCUT2D eigenvalue weighted by Gasteiger charge is 2.22. The lowest BCUT2D eigenvalue weighted by Crippen LogP contribution is -2.36. The number of ether oxygens (including phenoxy) is 1. The van der Waals surface area contributed by atoms with Crippen LogP contribution in [0.5, 0.6) is 11.5 Å². The summed E-state index contributed by atoms with van der Waals surface area (Å²) in [5, 5.41) is 15.6. The summed E-state index contributed by atoms with van der Waals surface area (Å²) in [7, 11) is 1.68. The van der Waals surface area contributed by atoms with Gasteiger partial charge in [0.15, 0.2) is 17.5 Å². The molecule has 1 aliphatic rings. The maximum Gasteiger partial charge on any atom is 0.191 e. The second-order valence-corrected chi connectivity index (χ2v) is 6.43. The van der Waals surface area contributed by atoms with E-state index in [1.54, 1.807) is 13.1 Å². The van der Waals surface area contributed by atoms with Gasteiger partial charge in [0.05, 0.1) is 6.61 Å². The molecule has 0 aliphatic heterocycles. The molecule has 0 saturated heterocycles. The molecule has 2 aromatic carbocycles. The third kappa shape index (κ3) is 5.12. The molecule has 2 aromatic rings. The number of phenolic OH excluding ortho intramolecular Hbond substituents is 1. The Morgan fingerprint density at radius 1 is 1.19 bits per heavy atom. The Kier molecular flexibility index (Phi) is 5.94. The van der Waals surface area contributed by atoms with Gasteiger partial charge in [0.1, 0.15) is 5.75 Å². The third-order valence-electron chi connectivity index (χ3n) is 4.29. The Labute approximate surface area is 152 Å². The lowest BCUT2D eigenvalue weighted by Gasteiger charge is -2.15. The van der Waals surface area contributed by atoms with Gasteiger partial charge in [0.25, 0.3) is 0 Å². The van der Waals surface area contributed by atoms with Gasteiger partial charge in [-0.05, 0) is 42.5 Å². The van der Waals surface area contributed by atoms with Gasteiger partial charge in [0, 0.05) is 25.7 Å². The number of aromatic hydroxyl groups is 1. The summed E-state index contributed by atoms with van der Waals surface area (Å²) in [5.74, 6) is 1.22. The molecule has 0 radical (unpaired) electrons. The molecule has 3 rings (SSSR count). The van der Waals surface area contributed by atoms with Gasteiger partial charge in [-0.1, -0.05) is 24.3 Å². The van der Waals surface area contributed by atoms with Crippen LogP contribution in [-0.4, -0.2) is 24.7 Å². The maximum atomic E-state index is 13.4. The average molecular weight is 357 g/mol. The van der Waals surface area contributed by atoms with Crippen LogP contribution in [0.4, 0.5) is 4.39 Å². The lowest BCUT2D eigenvalue weighted by atomic mass is 10.2. The van der Waals surface area contributed by atoms with E-state index in [0.717, 1.165) is 23.5 Å². The second-order valence-electron chi connectivity index (χ2n) is 6.43. The molecule has 0 aromatic heterocycles. The van der Waals surface area contributed by atoms with Crippen molar-refractivity contribution in [2.45, 2.75) is 25.9 Å². The van der Waals surface area contributed by atoms with Crippen LogP contribution in [0.15, 0.2) is 47.5 Å². The van der Waals surface area contributed by atoms with E-state index in [1.807, 2.05) is 24.3 Å². The first kappa shape index (κ1) is 18.0. The molecule has 1 aliphatic carbocycles. The number of nitrogens with zero attached hydrogens (tertiary/aromatic N) is 1. The predicted molar refractivity (Wildman–Crippen MR) is 99.8 cm³/mol. The molecule has 3 N–H and O–H groups in total. The monoisotopic (exact) mass is 357 g/mol. The highest BCUT2D eigenvalue weighted by molar-refractivity contribution is 5.79. The summed E-state index contributed by atoms with van der Waals surface area (Å²) in [6.45, 7) is 1.75. The zero-order valence-electron chi connectivity index (χ0n) is 14.8. The van der Waals surface area contributed by atoms with E-state index in [0.29, 0.717) is 25.0 Å². The Balaban J connectivity index is 1.53. The smallest absolute Gasteiger partial charge is 0.191 e. The van der Waals surface area contributed by atoms with E-state index in [4.69, 9.17) is 4.74 Å². The maximum absolute atomic E-state index is 13.4. The van der Waals surface area contributed by atoms with E-state index < -0.39 is 5.82 Å². The molecule has 26 heavy (non-hydrogen) atoms. The molecule has 1 saturated carbocycles. The molecular weight excluding hydrogens is 333 g/mol. The summed E-state index contributed by atoms with van der Waals surface area (Å²) in [6.07, 6.45) is 2.52. The van der Waals surface area contributed by atoms with Gasteiger partial charge in [0.2, 0.25) is 0 Å². The molecule has 0 unspecified atom stereocenters. The summed E-state index contributed by atoms with van der Waals surface area (Å²) < 4.78 is 19.3. The van der Waals surface area contributed by atoms with Gasteiger partial charge in [-0.25, -0.2) is 4.39 Å². The molecule has 0 bridgehead atoms. The number of rotatable bonds is 7. The quantitative estimate of drug-likeness (QED) is 0.526. The van der Waals surface area contributed by atoms with E-state index in [-0.39, 0.29) is 5.75 Å². The fourth-order valence-electron chi connectivity index (χ4n) is 2.53. The van der Waals surface area contributed by atoms with Crippen LogP contribution >= 0.6 is 0 Å². The molecular formula is C20H24FN3O2. The number of benzene rings is 2. The Morgan fingerprint density at radius 3 is 2.69 bits per heavy atom. The van der Waals surface area contributed by atoms with Crippen LogP contribution in [0, 0.1) is 11.7 Å². The molecule has 0 spiro atoms. The van der Waals surface area contributed by atoms with Crippen molar-refractivity contribution < 1.29 is 14.2 Å². The average Bonchev–Trinajstić information content (AvgIpc) is 3.48.